The highest BCUT2D eigenvalue weighted by atomic mass is 32.2. The third-order valence-electron chi connectivity index (χ3n) is 6.82. The van der Waals surface area contributed by atoms with Crippen LogP contribution in [0.5, 0.6) is 0 Å². The highest BCUT2D eigenvalue weighted by molar-refractivity contribution is 7.91. The summed E-state index contributed by atoms with van der Waals surface area (Å²) in [5.41, 5.74) is 0.451. The second kappa shape index (κ2) is 13.7. The zero-order valence-corrected chi connectivity index (χ0v) is 27.1. The quantitative estimate of drug-likeness (QED) is 0.168. The van der Waals surface area contributed by atoms with Crippen LogP contribution in [0.3, 0.4) is 0 Å². The Kier molecular flexibility index (Phi) is 9.78. The molecule has 6 aromatic rings. The molecule has 0 aliphatic heterocycles. The van der Waals surface area contributed by atoms with Gasteiger partial charge in [-0.25, -0.2) is 44.9 Å². The van der Waals surface area contributed by atoms with E-state index < -0.39 is 38.0 Å². The fourth-order valence-electron chi connectivity index (χ4n) is 4.44. The molecule has 17 heteroatoms. The van der Waals surface area contributed by atoms with Crippen LogP contribution in [0.25, 0.3) is 34.2 Å². The molecule has 2 aromatic carbocycles. The molecule has 0 spiro atoms. The lowest BCUT2D eigenvalue weighted by molar-refractivity contribution is -0.141. The van der Waals surface area contributed by atoms with E-state index >= 15 is 0 Å². The number of nitrogens with zero attached hydrogens (tertiary/aromatic N) is 6. The molecule has 4 heterocycles. The summed E-state index contributed by atoms with van der Waals surface area (Å²) in [7, 11) is -6.84. The van der Waals surface area contributed by atoms with E-state index in [1.807, 2.05) is 6.07 Å². The first-order valence-electron chi connectivity index (χ1n) is 14.0. The van der Waals surface area contributed by atoms with Gasteiger partial charge in [-0.05, 0) is 36.4 Å². The molecule has 10 nitrogen and oxygen atoms in total. The predicted octanol–water partition coefficient (Wildman–Crippen LogP) is 6.63. The lowest BCUT2D eigenvalue weighted by Crippen LogP contribution is -2.08. The largest absolute Gasteiger partial charge is 0.435 e. The summed E-state index contributed by atoms with van der Waals surface area (Å²) in [6.07, 6.45) is -2.96. The van der Waals surface area contributed by atoms with E-state index in [0.717, 1.165) is 29.5 Å². The number of aromatic nitrogens is 6. The lowest BCUT2D eigenvalue weighted by Gasteiger charge is -2.07. The van der Waals surface area contributed by atoms with Gasteiger partial charge in [0.1, 0.15) is 5.69 Å². The molecule has 0 bridgehead atoms. The maximum Gasteiger partial charge on any atom is 0.435 e. The van der Waals surface area contributed by atoms with Crippen LogP contribution < -0.4 is 0 Å². The molecule has 0 amide bonds. The van der Waals surface area contributed by atoms with E-state index in [0.29, 0.717) is 16.8 Å². The second-order valence-corrected chi connectivity index (χ2v) is 14.5. The molecule has 4 aromatic heterocycles. The maximum atomic E-state index is 13.1. The van der Waals surface area contributed by atoms with Gasteiger partial charge in [-0.2, -0.15) is 23.4 Å². The van der Waals surface area contributed by atoms with Crippen LogP contribution in [-0.4, -0.2) is 58.9 Å². The number of rotatable bonds is 7. The van der Waals surface area contributed by atoms with Crippen LogP contribution in [0.4, 0.5) is 22.0 Å². The summed E-state index contributed by atoms with van der Waals surface area (Å²) in [6.45, 7) is 0. The van der Waals surface area contributed by atoms with Crippen LogP contribution in [0.15, 0.2) is 119 Å². The fourth-order valence-corrected chi connectivity index (χ4v) is 5.56. The maximum absolute atomic E-state index is 13.1. The average molecular weight is 717 g/mol. The van der Waals surface area contributed by atoms with E-state index in [2.05, 4.69) is 20.2 Å². The molecule has 6 rings (SSSR count). The first kappa shape index (κ1) is 35.0. The summed E-state index contributed by atoms with van der Waals surface area (Å²) in [5, 5.41) is 7.50. The van der Waals surface area contributed by atoms with Gasteiger partial charge in [0.25, 0.3) is 6.43 Å². The molecule has 0 aliphatic carbocycles. The van der Waals surface area contributed by atoms with Crippen molar-refractivity contribution in [1.82, 2.24) is 29.5 Å². The third-order valence-corrected chi connectivity index (χ3v) is 9.02. The standard InChI is InChI=1S/C16H12F3N3O2S.C16H13F2N3O2S/c1-25(23,24)12-7-8-15(20-10-12)22-13(11-5-3-2-4-6-11)9-14(21-22)16(17,18)19;1-24(22,23)12-7-8-15(19-10-12)21-14(9-13(20-21)16(17)18)11-5-3-2-4-6-11/h2-10H,1H3;2-10,16H,1H3. The molecule has 254 valence electrons. The molecule has 0 atom stereocenters. The molecule has 0 radical (unpaired) electrons. The third kappa shape index (κ3) is 8.24. The number of halogens is 5. The highest BCUT2D eigenvalue weighted by Gasteiger charge is 2.35. The van der Waals surface area contributed by atoms with E-state index in [1.165, 1.54) is 41.2 Å². The average Bonchev–Trinajstić information content (AvgIpc) is 3.72. The zero-order valence-electron chi connectivity index (χ0n) is 25.5. The molecule has 0 N–H and O–H groups in total. The molecular formula is C32H25F5N6O4S2. The normalized spacial score (nSPS) is 12.1. The van der Waals surface area contributed by atoms with E-state index in [4.69, 9.17) is 0 Å². The summed E-state index contributed by atoms with van der Waals surface area (Å²) < 4.78 is 114. The molecule has 49 heavy (non-hydrogen) atoms. The summed E-state index contributed by atoms with van der Waals surface area (Å²) >= 11 is 0. The van der Waals surface area contributed by atoms with Gasteiger partial charge in [0.15, 0.2) is 37.0 Å². The minimum atomic E-state index is -4.61. The Morgan fingerprint density at radius 3 is 1.41 bits per heavy atom. The topological polar surface area (TPSA) is 130 Å². The summed E-state index contributed by atoms with van der Waals surface area (Å²) in [5.74, 6) is 0.343. The zero-order chi connectivity index (χ0) is 35.6. The lowest BCUT2D eigenvalue weighted by atomic mass is 10.1. The molecule has 0 unspecified atom stereocenters. The van der Waals surface area contributed by atoms with Crippen molar-refractivity contribution in [2.45, 2.75) is 22.4 Å². The van der Waals surface area contributed by atoms with Crippen molar-refractivity contribution in [1.29, 1.82) is 0 Å². The van der Waals surface area contributed by atoms with Gasteiger partial charge in [-0.15, -0.1) is 0 Å². The van der Waals surface area contributed by atoms with Gasteiger partial charge in [-0.3, -0.25) is 0 Å². The van der Waals surface area contributed by atoms with Crippen molar-refractivity contribution < 1.29 is 38.8 Å². The SMILES string of the molecule is CS(=O)(=O)c1ccc(-n2nc(C(F)(F)F)cc2-c2ccccc2)nc1.CS(=O)(=O)c1ccc(-n2nc(C(F)F)cc2-c2ccccc2)nc1. The van der Waals surface area contributed by atoms with Crippen molar-refractivity contribution in [3.05, 3.63) is 121 Å². The Hall–Kier alpha value is -5.29. The number of alkyl halides is 5. The van der Waals surface area contributed by atoms with Crippen molar-refractivity contribution in [3.63, 3.8) is 0 Å². The van der Waals surface area contributed by atoms with Crippen molar-refractivity contribution in [3.8, 4) is 34.2 Å². The van der Waals surface area contributed by atoms with Crippen LogP contribution >= 0.6 is 0 Å². The summed E-state index contributed by atoms with van der Waals surface area (Å²) in [6, 6.07) is 25.0. The van der Waals surface area contributed by atoms with Crippen LogP contribution in [0.1, 0.15) is 17.8 Å². The van der Waals surface area contributed by atoms with Crippen LogP contribution in [0, 0.1) is 0 Å². The van der Waals surface area contributed by atoms with Gasteiger partial charge in [-0.1, -0.05) is 60.7 Å². The van der Waals surface area contributed by atoms with Crippen LogP contribution in [-0.2, 0) is 25.9 Å². The Morgan fingerprint density at radius 1 is 0.612 bits per heavy atom. The number of sulfone groups is 2. The summed E-state index contributed by atoms with van der Waals surface area (Å²) in [4.78, 5) is 8.02. The molecule has 0 saturated heterocycles. The fraction of sp³-hybridized carbons (Fsp3) is 0.125. The Labute approximate surface area is 277 Å². The van der Waals surface area contributed by atoms with Gasteiger partial charge in [0.2, 0.25) is 0 Å². The predicted molar refractivity (Wildman–Crippen MR) is 170 cm³/mol. The minimum Gasteiger partial charge on any atom is -0.236 e. The number of hydrogen-bond donors (Lipinski definition) is 0. The molecule has 0 fully saturated rings. The number of hydrogen-bond acceptors (Lipinski definition) is 8. The second-order valence-electron chi connectivity index (χ2n) is 10.5. The van der Waals surface area contributed by atoms with E-state index in [-0.39, 0.29) is 32.8 Å². The molecule has 0 aliphatic rings. The van der Waals surface area contributed by atoms with Gasteiger partial charge in [0.05, 0.1) is 21.2 Å². The Morgan fingerprint density at radius 2 is 1.04 bits per heavy atom. The Balaban J connectivity index is 0.000000191. The van der Waals surface area contributed by atoms with Crippen molar-refractivity contribution >= 4 is 19.7 Å². The Bertz CT molecular complexity index is 2280. The van der Waals surface area contributed by atoms with Crippen molar-refractivity contribution in [2.24, 2.45) is 0 Å². The van der Waals surface area contributed by atoms with Crippen molar-refractivity contribution in [2.75, 3.05) is 12.5 Å². The van der Waals surface area contributed by atoms with Crippen LogP contribution in [0.2, 0.25) is 0 Å². The van der Waals surface area contributed by atoms with E-state index in [1.54, 1.807) is 54.6 Å². The highest BCUT2D eigenvalue weighted by Crippen LogP contribution is 2.33. The smallest absolute Gasteiger partial charge is 0.236 e. The first-order valence-corrected chi connectivity index (χ1v) is 17.8. The number of benzene rings is 2. The number of pyridine rings is 2. The molecular weight excluding hydrogens is 692 g/mol. The van der Waals surface area contributed by atoms with E-state index in [9.17, 15) is 38.8 Å². The van der Waals surface area contributed by atoms with Gasteiger partial charge < -0.3 is 0 Å². The minimum absolute atomic E-state index is 0.0271. The van der Waals surface area contributed by atoms with Gasteiger partial charge in [0, 0.05) is 36.0 Å². The first-order chi connectivity index (χ1) is 23.0. The van der Waals surface area contributed by atoms with Gasteiger partial charge >= 0.3 is 6.18 Å². The molecule has 0 saturated carbocycles. The monoisotopic (exact) mass is 716 g/mol.